The number of aromatic amines is 1. The Kier molecular flexibility index (Phi) is 6.14. The maximum Gasteiger partial charge on any atom is 0.325 e. The van der Waals surface area contributed by atoms with Gasteiger partial charge in [0.05, 0.1) is 6.54 Å². The Balaban J connectivity index is 1.45. The molecule has 4 rings (SSSR count). The average molecular weight is 437 g/mol. The number of amides is 3. The second kappa shape index (κ2) is 9.00. The van der Waals surface area contributed by atoms with Crippen LogP contribution in [0.5, 0.6) is 0 Å². The summed E-state index contributed by atoms with van der Waals surface area (Å²) in [6, 6.07) is 8.43. The van der Waals surface area contributed by atoms with E-state index >= 15 is 0 Å². The van der Waals surface area contributed by atoms with E-state index in [9.17, 15) is 14.4 Å². The first-order chi connectivity index (χ1) is 15.4. The summed E-state index contributed by atoms with van der Waals surface area (Å²) in [6.45, 7) is 4.95. The number of carbonyl (C=O) groups is 3. The zero-order valence-electron chi connectivity index (χ0n) is 18.6. The monoisotopic (exact) mass is 436 g/mol. The third-order valence-corrected chi connectivity index (χ3v) is 6.11. The van der Waals surface area contributed by atoms with Crippen molar-refractivity contribution in [3.8, 4) is 0 Å². The van der Waals surface area contributed by atoms with Crippen LogP contribution < -0.4 is 5.32 Å². The SMILES string of the molecule is COCCCn1c(C)cc(C(=O)CN2C(=O)NC(Cc3c[nH]c4ccccc34)C2=O)c1C. The molecule has 1 atom stereocenters. The smallest absolute Gasteiger partial charge is 0.325 e. The third-order valence-electron chi connectivity index (χ3n) is 6.11. The zero-order chi connectivity index (χ0) is 22.8. The number of hydrogen-bond acceptors (Lipinski definition) is 4. The van der Waals surface area contributed by atoms with Crippen molar-refractivity contribution >= 4 is 28.6 Å². The molecular weight excluding hydrogens is 408 g/mol. The predicted molar refractivity (Wildman–Crippen MR) is 121 cm³/mol. The Labute approximate surface area is 186 Å². The number of fused-ring (bicyclic) bond motifs is 1. The molecule has 8 nitrogen and oxygen atoms in total. The number of carbonyl (C=O) groups excluding carboxylic acids is 3. The lowest BCUT2D eigenvalue weighted by Crippen LogP contribution is -2.36. The average Bonchev–Trinajstić information content (AvgIpc) is 3.40. The standard InChI is InChI=1S/C24H28N4O4/c1-15-11-19(16(2)27(15)9-6-10-32-3)22(29)14-28-23(30)21(26-24(28)31)12-17-13-25-20-8-5-4-7-18(17)20/h4-5,7-8,11,13,21,25H,6,9-10,12,14H2,1-3H3,(H,26,31). The quantitative estimate of drug-likeness (QED) is 0.306. The highest BCUT2D eigenvalue weighted by Crippen LogP contribution is 2.22. The Hall–Kier alpha value is -3.39. The molecule has 168 valence electrons. The molecule has 2 N–H and O–H groups in total. The number of aromatic nitrogens is 2. The van der Waals surface area contributed by atoms with Gasteiger partial charge in [0.25, 0.3) is 5.91 Å². The van der Waals surface area contributed by atoms with E-state index in [0.717, 1.165) is 45.7 Å². The van der Waals surface area contributed by atoms with Crippen LogP contribution in [0, 0.1) is 13.8 Å². The minimum atomic E-state index is -0.684. The van der Waals surface area contributed by atoms with Gasteiger partial charge in [-0.2, -0.15) is 0 Å². The minimum Gasteiger partial charge on any atom is -0.385 e. The molecule has 2 aromatic heterocycles. The van der Waals surface area contributed by atoms with Gasteiger partial charge in [-0.1, -0.05) is 18.2 Å². The molecule has 0 radical (unpaired) electrons. The van der Waals surface area contributed by atoms with Crippen LogP contribution in [0.15, 0.2) is 36.5 Å². The van der Waals surface area contributed by atoms with Crippen molar-refractivity contribution in [2.75, 3.05) is 20.3 Å². The highest BCUT2D eigenvalue weighted by Gasteiger charge is 2.39. The van der Waals surface area contributed by atoms with E-state index < -0.39 is 12.1 Å². The largest absolute Gasteiger partial charge is 0.385 e. The van der Waals surface area contributed by atoms with E-state index in [1.54, 1.807) is 7.11 Å². The summed E-state index contributed by atoms with van der Waals surface area (Å²) in [6.07, 6.45) is 3.06. The van der Waals surface area contributed by atoms with Gasteiger partial charge >= 0.3 is 6.03 Å². The van der Waals surface area contributed by atoms with E-state index in [0.29, 0.717) is 18.6 Å². The van der Waals surface area contributed by atoms with E-state index in [2.05, 4.69) is 14.9 Å². The molecule has 3 aromatic rings. The second-order valence-corrected chi connectivity index (χ2v) is 8.20. The second-order valence-electron chi connectivity index (χ2n) is 8.20. The maximum absolute atomic E-state index is 13.0. The summed E-state index contributed by atoms with van der Waals surface area (Å²) in [5.74, 6) is -0.616. The molecule has 0 aliphatic carbocycles. The number of benzene rings is 1. The number of aryl methyl sites for hydroxylation is 1. The fraction of sp³-hybridized carbons (Fsp3) is 0.375. The number of imide groups is 1. The Bertz CT molecular complexity index is 1180. The molecule has 3 heterocycles. The van der Waals surface area contributed by atoms with Crippen molar-refractivity contribution in [3.05, 3.63) is 59.0 Å². The lowest BCUT2D eigenvalue weighted by atomic mass is 10.0. The summed E-state index contributed by atoms with van der Waals surface area (Å²) in [4.78, 5) is 42.6. The maximum atomic E-state index is 13.0. The number of ketones is 1. The van der Waals surface area contributed by atoms with Crippen molar-refractivity contribution < 1.29 is 19.1 Å². The normalized spacial score (nSPS) is 16.2. The van der Waals surface area contributed by atoms with E-state index in [1.807, 2.05) is 50.4 Å². The van der Waals surface area contributed by atoms with E-state index in [4.69, 9.17) is 4.74 Å². The molecule has 0 saturated carbocycles. The number of urea groups is 1. The molecule has 1 aliphatic rings. The first-order valence-corrected chi connectivity index (χ1v) is 10.8. The Morgan fingerprint density at radius 3 is 2.75 bits per heavy atom. The molecule has 0 spiro atoms. The van der Waals surface area contributed by atoms with Crippen LogP contribution in [-0.4, -0.2) is 58.5 Å². The van der Waals surface area contributed by atoms with Gasteiger partial charge in [-0.3, -0.25) is 14.5 Å². The Morgan fingerprint density at radius 2 is 1.97 bits per heavy atom. The molecule has 1 saturated heterocycles. The van der Waals surface area contributed by atoms with Gasteiger partial charge in [0.2, 0.25) is 0 Å². The Morgan fingerprint density at radius 1 is 1.19 bits per heavy atom. The van der Waals surface area contributed by atoms with Crippen LogP contribution in [0.1, 0.15) is 33.7 Å². The first kappa shape index (κ1) is 21.8. The number of ether oxygens (including phenoxy) is 1. The number of nitrogens with one attached hydrogen (secondary N) is 2. The van der Waals surface area contributed by atoms with Crippen LogP contribution in [0.25, 0.3) is 10.9 Å². The number of methoxy groups -OCH3 is 1. The molecule has 1 fully saturated rings. The molecule has 1 aromatic carbocycles. The topological polar surface area (TPSA) is 96.4 Å². The number of para-hydroxylation sites is 1. The summed E-state index contributed by atoms with van der Waals surface area (Å²) >= 11 is 0. The fourth-order valence-corrected chi connectivity index (χ4v) is 4.41. The predicted octanol–water partition coefficient (Wildman–Crippen LogP) is 2.97. The summed E-state index contributed by atoms with van der Waals surface area (Å²) in [5, 5.41) is 3.75. The van der Waals surface area contributed by atoms with Crippen LogP contribution in [-0.2, 0) is 22.5 Å². The number of hydrogen-bond donors (Lipinski definition) is 2. The first-order valence-electron chi connectivity index (χ1n) is 10.8. The summed E-state index contributed by atoms with van der Waals surface area (Å²) < 4.78 is 7.18. The van der Waals surface area contributed by atoms with Crippen molar-refractivity contribution in [1.82, 2.24) is 19.8 Å². The van der Waals surface area contributed by atoms with Crippen LogP contribution in [0.3, 0.4) is 0 Å². The van der Waals surface area contributed by atoms with Crippen LogP contribution in [0.2, 0.25) is 0 Å². The number of Topliss-reactive ketones (excluding diaryl/α,β-unsaturated/α-hetero) is 1. The van der Waals surface area contributed by atoms with Gasteiger partial charge in [-0.25, -0.2) is 4.79 Å². The van der Waals surface area contributed by atoms with E-state index in [1.165, 1.54) is 0 Å². The van der Waals surface area contributed by atoms with Crippen molar-refractivity contribution in [2.24, 2.45) is 0 Å². The van der Waals surface area contributed by atoms with Crippen LogP contribution in [0.4, 0.5) is 4.79 Å². The van der Waals surface area contributed by atoms with Crippen LogP contribution >= 0.6 is 0 Å². The van der Waals surface area contributed by atoms with Gasteiger partial charge in [-0.15, -0.1) is 0 Å². The molecular formula is C24H28N4O4. The van der Waals surface area contributed by atoms with Gasteiger partial charge in [0.15, 0.2) is 5.78 Å². The highest BCUT2D eigenvalue weighted by atomic mass is 16.5. The number of nitrogens with zero attached hydrogens (tertiary/aromatic N) is 2. The lowest BCUT2D eigenvalue weighted by molar-refractivity contribution is -0.127. The van der Waals surface area contributed by atoms with E-state index in [-0.39, 0.29) is 18.2 Å². The van der Waals surface area contributed by atoms with Crippen molar-refractivity contribution in [1.29, 1.82) is 0 Å². The zero-order valence-corrected chi connectivity index (χ0v) is 18.6. The molecule has 1 unspecified atom stereocenters. The minimum absolute atomic E-state index is 0.243. The van der Waals surface area contributed by atoms with Gasteiger partial charge in [0.1, 0.15) is 6.04 Å². The molecule has 32 heavy (non-hydrogen) atoms. The third kappa shape index (κ3) is 4.05. The lowest BCUT2D eigenvalue weighted by Gasteiger charge is -2.13. The fourth-order valence-electron chi connectivity index (χ4n) is 4.41. The van der Waals surface area contributed by atoms with Gasteiger partial charge in [0, 0.05) is 60.7 Å². The van der Waals surface area contributed by atoms with Gasteiger partial charge < -0.3 is 19.6 Å². The number of rotatable bonds is 9. The number of H-pyrrole nitrogens is 1. The molecule has 0 bridgehead atoms. The molecule has 1 aliphatic heterocycles. The summed E-state index contributed by atoms with van der Waals surface area (Å²) in [5.41, 5.74) is 4.28. The highest BCUT2D eigenvalue weighted by molar-refractivity contribution is 6.09. The molecule has 8 heteroatoms. The van der Waals surface area contributed by atoms with Crippen molar-refractivity contribution in [3.63, 3.8) is 0 Å². The molecule has 3 amide bonds. The summed E-state index contributed by atoms with van der Waals surface area (Å²) in [7, 11) is 1.66. The van der Waals surface area contributed by atoms with Crippen molar-refractivity contribution in [2.45, 2.75) is 39.3 Å². The van der Waals surface area contributed by atoms with Gasteiger partial charge in [-0.05, 0) is 38.0 Å².